The Bertz CT molecular complexity index is 613. The Morgan fingerprint density at radius 3 is 2.58 bits per heavy atom. The summed E-state index contributed by atoms with van der Waals surface area (Å²) in [6.45, 7) is 7.11. The molecule has 1 fully saturated rings. The monoisotopic (exact) mass is 381 g/mol. The van der Waals surface area contributed by atoms with Gasteiger partial charge in [0.05, 0.1) is 6.54 Å². The molecule has 1 aromatic carbocycles. The number of alkyl carbamates (subject to hydrolysis) is 1. The molecule has 0 aliphatic carbocycles. The highest BCUT2D eigenvalue weighted by Crippen LogP contribution is 2.18. The zero-order chi connectivity index (χ0) is 19.2. The lowest BCUT2D eigenvalue weighted by molar-refractivity contribution is -0.118. The van der Waals surface area contributed by atoms with E-state index in [0.717, 1.165) is 31.5 Å². The molecule has 1 atom stereocenters. The van der Waals surface area contributed by atoms with Gasteiger partial charge in [0.15, 0.2) is 0 Å². The Morgan fingerprint density at radius 1 is 1.23 bits per heavy atom. The van der Waals surface area contributed by atoms with E-state index in [2.05, 4.69) is 15.5 Å². The molecule has 0 aromatic heterocycles. The summed E-state index contributed by atoms with van der Waals surface area (Å²) in [5.74, 6) is -0.0727. The molecular weight excluding hydrogens is 354 g/mol. The normalized spacial score (nSPS) is 18.2. The molecular formula is C19H28ClN3O3. The average molecular weight is 382 g/mol. The molecule has 0 saturated carbocycles. The third-order valence-corrected chi connectivity index (χ3v) is 4.36. The zero-order valence-electron chi connectivity index (χ0n) is 15.7. The third kappa shape index (κ3) is 7.22. The van der Waals surface area contributed by atoms with E-state index in [0.29, 0.717) is 18.1 Å². The second-order valence-electron chi connectivity index (χ2n) is 7.56. The van der Waals surface area contributed by atoms with Crippen molar-refractivity contribution < 1.29 is 14.3 Å². The maximum Gasteiger partial charge on any atom is 0.407 e. The number of carbonyl (C=O) groups excluding carboxylic acids is 2. The quantitative estimate of drug-likeness (QED) is 0.816. The Kier molecular flexibility index (Phi) is 7.29. The smallest absolute Gasteiger partial charge is 0.407 e. The van der Waals surface area contributed by atoms with Crippen LogP contribution in [0, 0.1) is 0 Å². The predicted octanol–water partition coefficient (Wildman–Crippen LogP) is 3.66. The molecule has 1 saturated heterocycles. The average Bonchev–Trinajstić information content (AvgIpc) is 2.54. The van der Waals surface area contributed by atoms with Crippen LogP contribution in [-0.2, 0) is 9.53 Å². The molecule has 0 spiro atoms. The highest BCUT2D eigenvalue weighted by Gasteiger charge is 2.25. The van der Waals surface area contributed by atoms with E-state index in [9.17, 15) is 9.59 Å². The van der Waals surface area contributed by atoms with Crippen LogP contribution in [0.25, 0.3) is 0 Å². The summed E-state index contributed by atoms with van der Waals surface area (Å²) in [4.78, 5) is 26.3. The van der Waals surface area contributed by atoms with Crippen molar-refractivity contribution in [3.63, 3.8) is 0 Å². The van der Waals surface area contributed by atoms with Crippen LogP contribution in [0.2, 0.25) is 5.02 Å². The molecule has 2 rings (SSSR count). The van der Waals surface area contributed by atoms with Crippen molar-refractivity contribution in [2.24, 2.45) is 0 Å². The number of carbonyl (C=O) groups is 2. The molecule has 144 valence electrons. The largest absolute Gasteiger partial charge is 0.444 e. The van der Waals surface area contributed by atoms with Crippen molar-refractivity contribution in [2.75, 3.05) is 25.0 Å². The molecule has 7 heteroatoms. The van der Waals surface area contributed by atoms with Gasteiger partial charge in [-0.25, -0.2) is 4.79 Å². The number of benzene rings is 1. The first-order valence-electron chi connectivity index (χ1n) is 8.99. The number of halogens is 1. The van der Waals surface area contributed by atoms with E-state index in [-0.39, 0.29) is 11.9 Å². The van der Waals surface area contributed by atoms with Gasteiger partial charge in [0.25, 0.3) is 0 Å². The number of piperidine rings is 1. The van der Waals surface area contributed by atoms with Gasteiger partial charge in [0.1, 0.15) is 5.60 Å². The van der Waals surface area contributed by atoms with Crippen molar-refractivity contribution in [1.29, 1.82) is 0 Å². The maximum atomic E-state index is 12.3. The van der Waals surface area contributed by atoms with Gasteiger partial charge in [-0.1, -0.05) is 18.0 Å². The summed E-state index contributed by atoms with van der Waals surface area (Å²) in [5.41, 5.74) is 0.203. The van der Waals surface area contributed by atoms with Crippen molar-refractivity contribution in [2.45, 2.75) is 51.7 Å². The molecule has 0 unspecified atom stereocenters. The molecule has 0 radical (unpaired) electrons. The molecule has 1 aromatic rings. The summed E-state index contributed by atoms with van der Waals surface area (Å²) in [6, 6.07) is 7.17. The second-order valence-corrected chi connectivity index (χ2v) is 7.99. The number of nitrogens with one attached hydrogen (secondary N) is 2. The van der Waals surface area contributed by atoms with Crippen molar-refractivity contribution in [1.82, 2.24) is 10.2 Å². The van der Waals surface area contributed by atoms with Gasteiger partial charge in [-0.05, 0) is 64.4 Å². The number of amides is 2. The van der Waals surface area contributed by atoms with E-state index in [1.54, 1.807) is 24.3 Å². The summed E-state index contributed by atoms with van der Waals surface area (Å²) in [5, 5.41) is 6.33. The van der Waals surface area contributed by atoms with E-state index in [4.69, 9.17) is 16.3 Å². The molecule has 2 N–H and O–H groups in total. The lowest BCUT2D eigenvalue weighted by Gasteiger charge is -2.35. The second kappa shape index (κ2) is 9.24. The SMILES string of the molecule is CC(C)(C)OC(=O)NC[C@H]1CCCCN1CC(=O)Nc1ccc(Cl)cc1. The Morgan fingerprint density at radius 2 is 1.92 bits per heavy atom. The summed E-state index contributed by atoms with van der Waals surface area (Å²) < 4.78 is 5.28. The van der Waals surface area contributed by atoms with Crippen LogP contribution < -0.4 is 10.6 Å². The molecule has 26 heavy (non-hydrogen) atoms. The number of likely N-dealkylation sites (tertiary alicyclic amines) is 1. The Hall–Kier alpha value is -1.79. The summed E-state index contributed by atoms with van der Waals surface area (Å²) >= 11 is 5.86. The first-order chi connectivity index (χ1) is 12.2. The van der Waals surface area contributed by atoms with Crippen molar-refractivity contribution in [3.05, 3.63) is 29.3 Å². The molecule has 1 aliphatic heterocycles. The first kappa shape index (κ1) is 20.5. The predicted molar refractivity (Wildman–Crippen MR) is 104 cm³/mol. The fraction of sp³-hybridized carbons (Fsp3) is 0.579. The number of hydrogen-bond acceptors (Lipinski definition) is 4. The number of ether oxygens (including phenoxy) is 1. The third-order valence-electron chi connectivity index (χ3n) is 4.10. The van der Waals surface area contributed by atoms with Crippen molar-refractivity contribution >= 4 is 29.3 Å². The minimum absolute atomic E-state index is 0.0727. The van der Waals surface area contributed by atoms with Crippen LogP contribution >= 0.6 is 11.6 Å². The van der Waals surface area contributed by atoms with Crippen LogP contribution in [-0.4, -0.2) is 48.2 Å². The van der Waals surface area contributed by atoms with Crippen molar-refractivity contribution in [3.8, 4) is 0 Å². The Balaban J connectivity index is 1.84. The summed E-state index contributed by atoms with van der Waals surface area (Å²) in [6.07, 6.45) is 2.67. The van der Waals surface area contributed by atoms with Gasteiger partial charge in [0.2, 0.25) is 5.91 Å². The van der Waals surface area contributed by atoms with E-state index in [1.807, 2.05) is 20.8 Å². The van der Waals surface area contributed by atoms with E-state index >= 15 is 0 Å². The highest BCUT2D eigenvalue weighted by atomic mass is 35.5. The number of rotatable bonds is 5. The summed E-state index contributed by atoms with van der Waals surface area (Å²) in [7, 11) is 0. The zero-order valence-corrected chi connectivity index (χ0v) is 16.4. The van der Waals surface area contributed by atoms with Gasteiger partial charge < -0.3 is 15.4 Å². The van der Waals surface area contributed by atoms with Gasteiger partial charge in [-0.15, -0.1) is 0 Å². The van der Waals surface area contributed by atoms with E-state index in [1.165, 1.54) is 0 Å². The molecule has 2 amide bonds. The Labute approximate surface area is 160 Å². The number of hydrogen-bond donors (Lipinski definition) is 2. The molecule has 6 nitrogen and oxygen atoms in total. The lowest BCUT2D eigenvalue weighted by atomic mass is 10.0. The van der Waals surface area contributed by atoms with Gasteiger partial charge in [0, 0.05) is 23.3 Å². The van der Waals surface area contributed by atoms with Crippen LogP contribution in [0.1, 0.15) is 40.0 Å². The van der Waals surface area contributed by atoms with Gasteiger partial charge in [-0.3, -0.25) is 9.69 Å². The van der Waals surface area contributed by atoms with Crippen LogP contribution in [0.5, 0.6) is 0 Å². The number of anilines is 1. The minimum Gasteiger partial charge on any atom is -0.444 e. The van der Waals surface area contributed by atoms with Gasteiger partial charge in [-0.2, -0.15) is 0 Å². The highest BCUT2D eigenvalue weighted by molar-refractivity contribution is 6.30. The fourth-order valence-corrected chi connectivity index (χ4v) is 3.06. The molecule has 0 bridgehead atoms. The number of nitrogens with zero attached hydrogens (tertiary/aromatic N) is 1. The molecule has 1 heterocycles. The molecule has 1 aliphatic rings. The van der Waals surface area contributed by atoms with Crippen LogP contribution in [0.3, 0.4) is 0 Å². The fourth-order valence-electron chi connectivity index (χ4n) is 2.93. The minimum atomic E-state index is -0.519. The van der Waals surface area contributed by atoms with Crippen LogP contribution in [0.4, 0.5) is 10.5 Å². The van der Waals surface area contributed by atoms with E-state index < -0.39 is 11.7 Å². The lowest BCUT2D eigenvalue weighted by Crippen LogP contribution is -2.49. The van der Waals surface area contributed by atoms with Gasteiger partial charge >= 0.3 is 6.09 Å². The maximum absolute atomic E-state index is 12.3. The first-order valence-corrected chi connectivity index (χ1v) is 9.37. The van der Waals surface area contributed by atoms with Crippen LogP contribution in [0.15, 0.2) is 24.3 Å². The topological polar surface area (TPSA) is 70.7 Å². The standard InChI is InChI=1S/C19H28ClN3O3/c1-19(2,3)26-18(25)21-12-16-6-4-5-11-23(16)13-17(24)22-15-9-7-14(20)8-10-15/h7-10,16H,4-6,11-13H2,1-3H3,(H,21,25)(H,22,24)/t16-/m1/s1.